The van der Waals surface area contributed by atoms with Crippen LogP contribution in [-0.2, 0) is 4.75 Å². The van der Waals surface area contributed by atoms with Crippen molar-refractivity contribution in [1.29, 1.82) is 0 Å². The van der Waals surface area contributed by atoms with E-state index in [4.69, 9.17) is 4.42 Å². The third-order valence-corrected chi connectivity index (χ3v) is 7.73. The quantitative estimate of drug-likeness (QED) is 0.180. The normalized spacial score (nSPS) is 11.5. The minimum atomic E-state index is -0.400. The van der Waals surface area contributed by atoms with Crippen molar-refractivity contribution in [2.24, 2.45) is 0 Å². The Morgan fingerprint density at radius 3 is 1.51 bits per heavy atom. The fourth-order valence-corrected chi connectivity index (χ4v) is 5.92. The van der Waals surface area contributed by atoms with E-state index in [2.05, 4.69) is 120 Å². The summed E-state index contributed by atoms with van der Waals surface area (Å²) in [5, 5.41) is 0. The van der Waals surface area contributed by atoms with Gasteiger partial charge in [0, 0.05) is 10.5 Å². The van der Waals surface area contributed by atoms with E-state index in [1.54, 1.807) is 0 Å². The average molecular weight is 470 g/mol. The maximum Gasteiger partial charge on any atom is 0.227 e. The highest BCUT2D eigenvalue weighted by atomic mass is 32.2. The molecule has 0 radical (unpaired) electrons. The standard InChI is InChI=1S/C32H23NOS/c1-4-12-25(13-5-1)32(26-14-6-2-7-15-26,27-16-8-3-9-17-27)35-28-22-20-24(21-23-28)31-33-29-18-10-11-19-30(29)34-31/h1-23H. The molecule has 2 nitrogen and oxygen atoms in total. The van der Waals surface area contributed by atoms with Crippen LogP contribution in [0.4, 0.5) is 0 Å². The molecule has 0 atom stereocenters. The molecular formula is C32H23NOS. The number of thioether (sulfide) groups is 1. The van der Waals surface area contributed by atoms with Crippen molar-refractivity contribution in [3.8, 4) is 11.5 Å². The maximum absolute atomic E-state index is 5.98. The number of para-hydroxylation sites is 2. The molecule has 0 amide bonds. The Bertz CT molecular complexity index is 1410. The molecule has 0 N–H and O–H groups in total. The van der Waals surface area contributed by atoms with Gasteiger partial charge in [-0.2, -0.15) is 0 Å². The molecule has 6 rings (SSSR count). The Labute approximate surface area is 209 Å². The summed E-state index contributed by atoms with van der Waals surface area (Å²) in [5.74, 6) is 0.642. The number of nitrogens with zero attached hydrogens (tertiary/aromatic N) is 1. The number of benzene rings is 5. The first-order valence-corrected chi connectivity index (χ1v) is 12.5. The molecule has 5 aromatic carbocycles. The molecule has 0 saturated carbocycles. The van der Waals surface area contributed by atoms with E-state index in [-0.39, 0.29) is 0 Å². The Hall–Kier alpha value is -4.08. The number of aromatic nitrogens is 1. The second kappa shape index (κ2) is 9.28. The average Bonchev–Trinajstić information content (AvgIpc) is 3.38. The van der Waals surface area contributed by atoms with E-state index in [0.717, 1.165) is 16.7 Å². The Kier molecular flexibility index (Phi) is 5.69. The summed E-state index contributed by atoms with van der Waals surface area (Å²) in [5.41, 5.74) is 6.37. The predicted octanol–water partition coefficient (Wildman–Crippen LogP) is 8.58. The van der Waals surface area contributed by atoms with Gasteiger partial charge in [0.15, 0.2) is 5.58 Å². The van der Waals surface area contributed by atoms with Crippen molar-refractivity contribution in [3.63, 3.8) is 0 Å². The second-order valence-electron chi connectivity index (χ2n) is 8.39. The topological polar surface area (TPSA) is 26.0 Å². The van der Waals surface area contributed by atoms with Crippen molar-refractivity contribution in [2.75, 3.05) is 0 Å². The zero-order valence-corrected chi connectivity index (χ0v) is 19.9. The third-order valence-electron chi connectivity index (χ3n) is 6.21. The maximum atomic E-state index is 5.98. The number of oxazole rings is 1. The van der Waals surface area contributed by atoms with E-state index >= 15 is 0 Å². The molecular weight excluding hydrogens is 446 g/mol. The molecule has 0 aliphatic heterocycles. The highest BCUT2D eigenvalue weighted by Crippen LogP contribution is 2.51. The van der Waals surface area contributed by atoms with Gasteiger partial charge in [0.25, 0.3) is 0 Å². The fraction of sp³-hybridized carbons (Fsp3) is 0.0312. The highest BCUT2D eigenvalue weighted by molar-refractivity contribution is 8.00. The molecule has 0 spiro atoms. The predicted molar refractivity (Wildman–Crippen MR) is 145 cm³/mol. The van der Waals surface area contributed by atoms with Crippen LogP contribution in [0.15, 0.2) is 149 Å². The molecule has 1 aromatic heterocycles. The van der Waals surface area contributed by atoms with Crippen LogP contribution >= 0.6 is 11.8 Å². The lowest BCUT2D eigenvalue weighted by molar-refractivity contribution is 0.620. The van der Waals surface area contributed by atoms with E-state index in [1.165, 1.54) is 21.6 Å². The minimum Gasteiger partial charge on any atom is -0.436 e. The van der Waals surface area contributed by atoms with Crippen LogP contribution in [0.25, 0.3) is 22.6 Å². The van der Waals surface area contributed by atoms with Crippen LogP contribution in [0, 0.1) is 0 Å². The van der Waals surface area contributed by atoms with Crippen molar-refractivity contribution in [3.05, 3.63) is 156 Å². The van der Waals surface area contributed by atoms with Crippen molar-refractivity contribution < 1.29 is 4.42 Å². The lowest BCUT2D eigenvalue weighted by atomic mass is 9.84. The molecule has 168 valence electrons. The van der Waals surface area contributed by atoms with Crippen LogP contribution in [0.5, 0.6) is 0 Å². The Morgan fingerprint density at radius 2 is 1.00 bits per heavy atom. The monoisotopic (exact) mass is 469 g/mol. The van der Waals surface area contributed by atoms with Crippen LogP contribution < -0.4 is 0 Å². The summed E-state index contributed by atoms with van der Waals surface area (Å²) in [7, 11) is 0. The highest BCUT2D eigenvalue weighted by Gasteiger charge is 2.37. The molecule has 0 fully saturated rings. The SMILES string of the molecule is c1ccc(C(Sc2ccc(-c3nc4ccccc4o3)cc2)(c2ccccc2)c2ccccc2)cc1. The Balaban J connectivity index is 1.46. The van der Waals surface area contributed by atoms with Crippen LogP contribution in [-0.4, -0.2) is 4.98 Å². The summed E-state index contributed by atoms with van der Waals surface area (Å²) < 4.78 is 5.59. The molecule has 0 bridgehead atoms. The van der Waals surface area contributed by atoms with Crippen molar-refractivity contribution in [2.45, 2.75) is 9.64 Å². The number of hydrogen-bond acceptors (Lipinski definition) is 3. The van der Waals surface area contributed by atoms with Gasteiger partial charge in [-0.15, -0.1) is 11.8 Å². The van der Waals surface area contributed by atoms with E-state index in [0.29, 0.717) is 5.89 Å². The molecule has 35 heavy (non-hydrogen) atoms. The summed E-state index contributed by atoms with van der Waals surface area (Å²) >= 11 is 1.85. The van der Waals surface area contributed by atoms with Gasteiger partial charge in [0.2, 0.25) is 5.89 Å². The van der Waals surface area contributed by atoms with E-state index in [1.807, 2.05) is 36.0 Å². The zero-order valence-electron chi connectivity index (χ0n) is 19.0. The van der Waals surface area contributed by atoms with Crippen molar-refractivity contribution >= 4 is 22.9 Å². The van der Waals surface area contributed by atoms with Crippen molar-refractivity contribution in [1.82, 2.24) is 4.98 Å². The summed E-state index contributed by atoms with van der Waals surface area (Å²) in [6, 6.07) is 48.6. The molecule has 1 heterocycles. The largest absolute Gasteiger partial charge is 0.436 e. The first-order chi connectivity index (χ1) is 17.3. The zero-order chi connectivity index (χ0) is 23.5. The Morgan fingerprint density at radius 1 is 0.514 bits per heavy atom. The lowest BCUT2D eigenvalue weighted by Gasteiger charge is -2.35. The fourth-order valence-electron chi connectivity index (χ4n) is 4.53. The van der Waals surface area contributed by atoms with Crippen LogP contribution in [0.3, 0.4) is 0 Å². The third kappa shape index (κ3) is 4.05. The summed E-state index contributed by atoms with van der Waals surface area (Å²) in [4.78, 5) is 5.82. The number of hydrogen-bond donors (Lipinski definition) is 0. The van der Waals surface area contributed by atoms with E-state index < -0.39 is 4.75 Å². The molecule has 0 aliphatic rings. The number of rotatable bonds is 6. The van der Waals surface area contributed by atoms with Gasteiger partial charge in [-0.1, -0.05) is 103 Å². The van der Waals surface area contributed by atoms with Crippen LogP contribution in [0.1, 0.15) is 16.7 Å². The molecule has 6 aromatic rings. The summed E-state index contributed by atoms with van der Waals surface area (Å²) in [6.45, 7) is 0. The van der Waals surface area contributed by atoms with Gasteiger partial charge in [-0.3, -0.25) is 0 Å². The van der Waals surface area contributed by atoms with Crippen LogP contribution in [0.2, 0.25) is 0 Å². The minimum absolute atomic E-state index is 0.400. The smallest absolute Gasteiger partial charge is 0.227 e. The number of fused-ring (bicyclic) bond motifs is 1. The molecule has 0 aliphatic carbocycles. The molecule has 0 unspecified atom stereocenters. The van der Waals surface area contributed by atoms with Gasteiger partial charge < -0.3 is 4.42 Å². The molecule has 3 heteroatoms. The first kappa shape index (κ1) is 21.5. The van der Waals surface area contributed by atoms with E-state index in [9.17, 15) is 0 Å². The lowest BCUT2D eigenvalue weighted by Crippen LogP contribution is -2.25. The van der Waals surface area contributed by atoms with Gasteiger partial charge in [0.05, 0.1) is 4.75 Å². The molecule has 0 saturated heterocycles. The summed E-state index contributed by atoms with van der Waals surface area (Å²) in [6.07, 6.45) is 0. The van der Waals surface area contributed by atoms with Gasteiger partial charge in [-0.05, 0) is 53.1 Å². The van der Waals surface area contributed by atoms with Gasteiger partial charge in [-0.25, -0.2) is 4.98 Å². The van der Waals surface area contributed by atoms with Gasteiger partial charge in [0.1, 0.15) is 5.52 Å². The first-order valence-electron chi connectivity index (χ1n) is 11.6. The van der Waals surface area contributed by atoms with Gasteiger partial charge >= 0.3 is 0 Å². The second-order valence-corrected chi connectivity index (χ2v) is 9.68.